The zero-order chi connectivity index (χ0) is 17.5. The Bertz CT molecular complexity index is 852. The topological polar surface area (TPSA) is 35.5 Å². The molecule has 3 rings (SSSR count). The van der Waals surface area contributed by atoms with Gasteiger partial charge in [0, 0.05) is 5.56 Å². The van der Waals surface area contributed by atoms with Crippen LogP contribution in [0.5, 0.6) is 11.5 Å². The van der Waals surface area contributed by atoms with Crippen LogP contribution >= 0.6 is 11.3 Å². The lowest BCUT2D eigenvalue weighted by molar-refractivity contribution is 0.105. The Morgan fingerprint density at radius 1 is 1.08 bits per heavy atom. The van der Waals surface area contributed by atoms with E-state index in [2.05, 4.69) is 0 Å². The fourth-order valence-corrected chi connectivity index (χ4v) is 3.01. The Balaban J connectivity index is 1.74. The zero-order valence-electron chi connectivity index (χ0n) is 13.8. The van der Waals surface area contributed by atoms with Crippen molar-refractivity contribution in [1.82, 2.24) is 0 Å². The summed E-state index contributed by atoms with van der Waals surface area (Å²) in [6, 6.07) is 19.1. The largest absolute Gasteiger partial charge is 0.496 e. The van der Waals surface area contributed by atoms with Gasteiger partial charge in [0.05, 0.1) is 12.0 Å². The third-order valence-corrected chi connectivity index (χ3v) is 4.52. The van der Waals surface area contributed by atoms with Crippen LogP contribution in [0.25, 0.3) is 6.08 Å². The summed E-state index contributed by atoms with van der Waals surface area (Å²) in [7, 11) is 1.64. The first-order chi connectivity index (χ1) is 12.3. The molecule has 0 saturated heterocycles. The molecule has 0 aliphatic rings. The summed E-state index contributed by atoms with van der Waals surface area (Å²) in [5.74, 6) is 1.57. The molecule has 0 amide bonds. The van der Waals surface area contributed by atoms with Crippen molar-refractivity contribution >= 4 is 23.2 Å². The maximum Gasteiger partial charge on any atom is 0.195 e. The van der Waals surface area contributed by atoms with Crippen molar-refractivity contribution in [2.45, 2.75) is 6.61 Å². The van der Waals surface area contributed by atoms with Gasteiger partial charge in [0.2, 0.25) is 0 Å². The minimum atomic E-state index is 0.00732. The van der Waals surface area contributed by atoms with Gasteiger partial charge in [-0.15, -0.1) is 11.3 Å². The Hall–Kier alpha value is -2.85. The summed E-state index contributed by atoms with van der Waals surface area (Å²) in [5, 5.41) is 1.90. The van der Waals surface area contributed by atoms with E-state index >= 15 is 0 Å². The van der Waals surface area contributed by atoms with E-state index < -0.39 is 0 Å². The third-order valence-electron chi connectivity index (χ3n) is 3.63. The van der Waals surface area contributed by atoms with Gasteiger partial charge in [-0.1, -0.05) is 36.4 Å². The molecule has 3 nitrogen and oxygen atoms in total. The molecule has 1 aromatic heterocycles. The Morgan fingerprint density at radius 2 is 1.92 bits per heavy atom. The molecular weight excluding hydrogens is 332 g/mol. The fraction of sp³-hybridized carbons (Fsp3) is 0.0952. The van der Waals surface area contributed by atoms with E-state index in [0.29, 0.717) is 6.61 Å². The predicted octanol–water partition coefficient (Wildman–Crippen LogP) is 5.23. The van der Waals surface area contributed by atoms with Crippen molar-refractivity contribution in [3.8, 4) is 11.5 Å². The standard InChI is InChI=1S/C21H18O3S/c1-23-20-12-10-16(9-11-19(22)21-8-5-13-25-21)14-17(20)15-24-18-6-3-2-4-7-18/h2-14H,15H2,1H3/b11-9+. The minimum Gasteiger partial charge on any atom is -0.496 e. The number of para-hydroxylation sites is 1. The molecule has 25 heavy (non-hydrogen) atoms. The molecule has 0 bridgehead atoms. The Kier molecular flexibility index (Phi) is 5.65. The highest BCUT2D eigenvalue weighted by atomic mass is 32.1. The maximum atomic E-state index is 12.1. The summed E-state index contributed by atoms with van der Waals surface area (Å²) in [6.07, 6.45) is 3.41. The maximum absolute atomic E-state index is 12.1. The van der Waals surface area contributed by atoms with Crippen LogP contribution in [0, 0.1) is 0 Å². The van der Waals surface area contributed by atoms with E-state index in [9.17, 15) is 4.79 Å². The van der Waals surface area contributed by atoms with E-state index in [1.807, 2.05) is 72.1 Å². The predicted molar refractivity (Wildman–Crippen MR) is 101 cm³/mol. The SMILES string of the molecule is COc1ccc(/C=C/C(=O)c2cccs2)cc1COc1ccccc1. The quantitative estimate of drug-likeness (QED) is 0.432. The molecule has 0 spiro atoms. The van der Waals surface area contributed by atoms with E-state index in [1.165, 1.54) is 11.3 Å². The van der Waals surface area contributed by atoms with E-state index in [0.717, 1.165) is 27.5 Å². The number of methoxy groups -OCH3 is 1. The van der Waals surface area contributed by atoms with Gasteiger partial charge in [-0.05, 0) is 47.4 Å². The van der Waals surface area contributed by atoms with Crippen LogP contribution in [0.2, 0.25) is 0 Å². The molecule has 2 aromatic carbocycles. The molecule has 0 saturated carbocycles. The van der Waals surface area contributed by atoms with E-state index in [1.54, 1.807) is 13.2 Å². The number of thiophene rings is 1. The van der Waals surface area contributed by atoms with Crippen LogP contribution in [0.3, 0.4) is 0 Å². The summed E-state index contributed by atoms with van der Waals surface area (Å²) in [5.41, 5.74) is 1.86. The molecule has 126 valence electrons. The number of ether oxygens (including phenoxy) is 2. The number of rotatable bonds is 7. The van der Waals surface area contributed by atoms with Gasteiger partial charge in [-0.3, -0.25) is 4.79 Å². The molecule has 0 fully saturated rings. The van der Waals surface area contributed by atoms with E-state index in [4.69, 9.17) is 9.47 Å². The Morgan fingerprint density at radius 3 is 2.64 bits per heavy atom. The molecule has 0 aliphatic carbocycles. The molecule has 0 unspecified atom stereocenters. The second kappa shape index (κ2) is 8.31. The van der Waals surface area contributed by atoms with Crippen LogP contribution in [0.4, 0.5) is 0 Å². The highest BCUT2D eigenvalue weighted by molar-refractivity contribution is 7.12. The average molecular weight is 350 g/mol. The van der Waals surface area contributed by atoms with Gasteiger partial charge < -0.3 is 9.47 Å². The van der Waals surface area contributed by atoms with Crippen LogP contribution in [-0.4, -0.2) is 12.9 Å². The number of benzene rings is 2. The number of hydrogen-bond acceptors (Lipinski definition) is 4. The zero-order valence-corrected chi connectivity index (χ0v) is 14.7. The average Bonchev–Trinajstić information content (AvgIpc) is 3.20. The number of ketones is 1. The third kappa shape index (κ3) is 4.58. The Labute approximate surface area is 151 Å². The van der Waals surface area contributed by atoms with Gasteiger partial charge in [0.15, 0.2) is 5.78 Å². The first-order valence-electron chi connectivity index (χ1n) is 7.87. The smallest absolute Gasteiger partial charge is 0.195 e. The van der Waals surface area contributed by atoms with E-state index in [-0.39, 0.29) is 5.78 Å². The van der Waals surface area contributed by atoms with Gasteiger partial charge in [-0.2, -0.15) is 0 Å². The monoisotopic (exact) mass is 350 g/mol. The summed E-state index contributed by atoms with van der Waals surface area (Å²) >= 11 is 1.44. The van der Waals surface area contributed by atoms with Gasteiger partial charge in [0.1, 0.15) is 18.1 Å². The second-order valence-electron chi connectivity index (χ2n) is 5.35. The number of carbonyl (C=O) groups is 1. The first-order valence-corrected chi connectivity index (χ1v) is 8.75. The van der Waals surface area contributed by atoms with Crippen molar-refractivity contribution in [2.24, 2.45) is 0 Å². The molecule has 0 aliphatic heterocycles. The summed E-state index contributed by atoms with van der Waals surface area (Å²) in [6.45, 7) is 0.397. The fourth-order valence-electron chi connectivity index (χ4n) is 2.37. The minimum absolute atomic E-state index is 0.00732. The highest BCUT2D eigenvalue weighted by Gasteiger charge is 2.06. The van der Waals surface area contributed by atoms with Crippen molar-refractivity contribution in [1.29, 1.82) is 0 Å². The molecule has 3 aromatic rings. The molecule has 1 heterocycles. The van der Waals surface area contributed by atoms with Crippen molar-refractivity contribution < 1.29 is 14.3 Å². The molecule has 0 atom stereocenters. The first kappa shape index (κ1) is 17.0. The van der Waals surface area contributed by atoms with Crippen LogP contribution in [0.1, 0.15) is 20.8 Å². The van der Waals surface area contributed by atoms with Crippen molar-refractivity contribution in [3.63, 3.8) is 0 Å². The molecule has 0 radical (unpaired) electrons. The lowest BCUT2D eigenvalue weighted by Crippen LogP contribution is -1.99. The second-order valence-corrected chi connectivity index (χ2v) is 6.30. The number of hydrogen-bond donors (Lipinski definition) is 0. The van der Waals surface area contributed by atoms with Gasteiger partial charge in [0.25, 0.3) is 0 Å². The highest BCUT2D eigenvalue weighted by Crippen LogP contribution is 2.23. The number of carbonyl (C=O) groups excluding carboxylic acids is 1. The van der Waals surface area contributed by atoms with Crippen molar-refractivity contribution in [2.75, 3.05) is 7.11 Å². The number of allylic oxidation sites excluding steroid dienone is 1. The van der Waals surface area contributed by atoms with Gasteiger partial charge >= 0.3 is 0 Å². The normalized spacial score (nSPS) is 10.8. The molecule has 0 N–H and O–H groups in total. The van der Waals surface area contributed by atoms with Crippen LogP contribution in [-0.2, 0) is 6.61 Å². The lowest BCUT2D eigenvalue weighted by atomic mass is 10.1. The van der Waals surface area contributed by atoms with Crippen LogP contribution < -0.4 is 9.47 Å². The van der Waals surface area contributed by atoms with Gasteiger partial charge in [-0.25, -0.2) is 0 Å². The molecular formula is C21H18O3S. The molecule has 4 heteroatoms. The van der Waals surface area contributed by atoms with Crippen LogP contribution in [0.15, 0.2) is 72.1 Å². The van der Waals surface area contributed by atoms with Crippen molar-refractivity contribution in [3.05, 3.63) is 88.1 Å². The lowest BCUT2D eigenvalue weighted by Gasteiger charge is -2.11. The summed E-state index contributed by atoms with van der Waals surface area (Å²) < 4.78 is 11.2. The summed E-state index contributed by atoms with van der Waals surface area (Å²) in [4.78, 5) is 12.8.